The molecule has 2 bridgehead atoms. The first kappa shape index (κ1) is 18.7. The van der Waals surface area contributed by atoms with E-state index in [0.717, 1.165) is 77.0 Å². The molecule has 2 amide bonds. The van der Waals surface area contributed by atoms with E-state index in [-0.39, 0.29) is 11.5 Å². The highest BCUT2D eigenvalue weighted by Gasteiger charge is 2.49. The molecular weight excluding hydrogens is 354 g/mol. The van der Waals surface area contributed by atoms with Gasteiger partial charge in [-0.15, -0.1) is 0 Å². The summed E-state index contributed by atoms with van der Waals surface area (Å²) in [5, 5.41) is 0. The molecular formula is C22H35N3O3. The van der Waals surface area contributed by atoms with E-state index in [0.29, 0.717) is 30.6 Å². The third kappa shape index (κ3) is 3.42. The van der Waals surface area contributed by atoms with Crippen LogP contribution < -0.4 is 0 Å². The van der Waals surface area contributed by atoms with Gasteiger partial charge in [-0.25, -0.2) is 4.79 Å². The van der Waals surface area contributed by atoms with Gasteiger partial charge in [-0.1, -0.05) is 0 Å². The zero-order chi connectivity index (χ0) is 19.3. The molecule has 0 aromatic heterocycles. The number of carbonyl (C=O) groups is 2. The summed E-state index contributed by atoms with van der Waals surface area (Å²) in [4.78, 5) is 31.7. The van der Waals surface area contributed by atoms with Crippen LogP contribution in [0.5, 0.6) is 0 Å². The van der Waals surface area contributed by atoms with Crippen molar-refractivity contribution in [3.8, 4) is 0 Å². The predicted molar refractivity (Wildman–Crippen MR) is 106 cm³/mol. The van der Waals surface area contributed by atoms with Crippen LogP contribution >= 0.6 is 0 Å². The molecule has 6 nitrogen and oxygen atoms in total. The van der Waals surface area contributed by atoms with Crippen molar-refractivity contribution in [3.63, 3.8) is 0 Å². The van der Waals surface area contributed by atoms with Gasteiger partial charge in [-0.2, -0.15) is 0 Å². The Labute approximate surface area is 168 Å². The van der Waals surface area contributed by atoms with Crippen molar-refractivity contribution in [2.24, 2.45) is 11.3 Å². The first-order chi connectivity index (χ1) is 13.6. The molecule has 156 valence electrons. The van der Waals surface area contributed by atoms with E-state index in [1.807, 2.05) is 11.8 Å². The van der Waals surface area contributed by atoms with Crippen LogP contribution in [0.1, 0.15) is 64.7 Å². The molecule has 1 saturated carbocycles. The van der Waals surface area contributed by atoms with Gasteiger partial charge in [0.2, 0.25) is 5.91 Å². The number of ether oxygens (including phenoxy) is 1. The van der Waals surface area contributed by atoms with Crippen LogP contribution in [-0.4, -0.2) is 77.6 Å². The molecule has 2 atom stereocenters. The van der Waals surface area contributed by atoms with Gasteiger partial charge in [-0.05, 0) is 82.7 Å². The normalized spacial score (nSPS) is 35.0. The third-order valence-corrected chi connectivity index (χ3v) is 8.14. The van der Waals surface area contributed by atoms with E-state index in [4.69, 9.17) is 4.74 Å². The molecule has 0 N–H and O–H groups in total. The van der Waals surface area contributed by atoms with E-state index in [1.54, 1.807) is 0 Å². The summed E-state index contributed by atoms with van der Waals surface area (Å²) in [5.41, 5.74) is 0.243. The van der Waals surface area contributed by atoms with Gasteiger partial charge in [0, 0.05) is 37.6 Å². The number of likely N-dealkylation sites (tertiary alicyclic amines) is 2. The smallest absolute Gasteiger partial charge is 0.410 e. The van der Waals surface area contributed by atoms with Crippen molar-refractivity contribution >= 4 is 12.0 Å². The molecule has 0 radical (unpaired) electrons. The molecule has 1 spiro atoms. The predicted octanol–water partition coefficient (Wildman–Crippen LogP) is 2.86. The minimum Gasteiger partial charge on any atom is -0.450 e. The van der Waals surface area contributed by atoms with E-state index in [2.05, 4.69) is 9.80 Å². The monoisotopic (exact) mass is 389 g/mol. The van der Waals surface area contributed by atoms with Crippen molar-refractivity contribution < 1.29 is 14.3 Å². The maximum Gasteiger partial charge on any atom is 0.410 e. The highest BCUT2D eigenvalue weighted by Crippen LogP contribution is 2.45. The van der Waals surface area contributed by atoms with Gasteiger partial charge >= 0.3 is 6.09 Å². The summed E-state index contributed by atoms with van der Waals surface area (Å²) in [6.07, 6.45) is 10.1. The van der Waals surface area contributed by atoms with Crippen molar-refractivity contribution in [3.05, 3.63) is 0 Å². The van der Waals surface area contributed by atoms with Gasteiger partial charge in [0.05, 0.1) is 6.61 Å². The first-order valence-electron chi connectivity index (χ1n) is 11.5. The van der Waals surface area contributed by atoms with Crippen LogP contribution in [-0.2, 0) is 9.53 Å². The molecule has 5 aliphatic rings. The minimum atomic E-state index is -0.105. The fourth-order valence-electron chi connectivity index (χ4n) is 6.40. The van der Waals surface area contributed by atoms with Gasteiger partial charge in [0.25, 0.3) is 0 Å². The summed E-state index contributed by atoms with van der Waals surface area (Å²) in [6, 6.07) is 1.32. The standard InChI is InChI=1S/C22H35N3O3/c1-2-28-21(27)25-17-5-6-18(25)12-19(11-17)23-9-7-22(8-10-23)13-20(26)24(15-22)14-16-3-4-16/h16-19H,2-15H2,1H3. The lowest BCUT2D eigenvalue weighted by atomic mass is 9.77. The molecule has 6 heteroatoms. The Morgan fingerprint density at radius 1 is 1.07 bits per heavy atom. The highest BCUT2D eigenvalue weighted by atomic mass is 16.6. The molecule has 2 unspecified atom stereocenters. The quantitative estimate of drug-likeness (QED) is 0.742. The van der Waals surface area contributed by atoms with Crippen LogP contribution in [0.4, 0.5) is 4.79 Å². The first-order valence-corrected chi connectivity index (χ1v) is 11.5. The average molecular weight is 390 g/mol. The van der Waals surface area contributed by atoms with Crippen LogP contribution in [0.15, 0.2) is 0 Å². The third-order valence-electron chi connectivity index (χ3n) is 8.14. The lowest BCUT2D eigenvalue weighted by Crippen LogP contribution is -2.55. The van der Waals surface area contributed by atoms with Crippen LogP contribution in [0, 0.1) is 11.3 Å². The molecule has 0 aromatic rings. The fourth-order valence-corrected chi connectivity index (χ4v) is 6.40. The molecule has 4 heterocycles. The summed E-state index contributed by atoms with van der Waals surface area (Å²) >= 11 is 0. The molecule has 28 heavy (non-hydrogen) atoms. The summed E-state index contributed by atoms with van der Waals surface area (Å²) in [5.74, 6) is 1.19. The van der Waals surface area contributed by atoms with Gasteiger partial charge in [-0.3, -0.25) is 4.79 Å². The molecule has 5 fully saturated rings. The summed E-state index contributed by atoms with van der Waals surface area (Å²) in [7, 11) is 0. The number of piperidine rings is 2. The second-order valence-electron chi connectivity index (χ2n) is 10.0. The Balaban J connectivity index is 1.16. The largest absolute Gasteiger partial charge is 0.450 e. The van der Waals surface area contributed by atoms with E-state index >= 15 is 0 Å². The Kier molecular flexibility index (Phi) is 4.80. The second kappa shape index (κ2) is 7.19. The number of fused-ring (bicyclic) bond motifs is 2. The SMILES string of the molecule is CCOC(=O)N1C2CCC1CC(N1CCC3(CC1)CC(=O)N(CC1CC1)C3)C2. The number of amides is 2. The zero-order valence-corrected chi connectivity index (χ0v) is 17.3. The van der Waals surface area contributed by atoms with Crippen molar-refractivity contribution in [1.82, 2.24) is 14.7 Å². The summed E-state index contributed by atoms with van der Waals surface area (Å²) < 4.78 is 5.29. The van der Waals surface area contributed by atoms with Crippen LogP contribution in [0.2, 0.25) is 0 Å². The number of hydrogen-bond acceptors (Lipinski definition) is 4. The minimum absolute atomic E-state index is 0.105. The number of carbonyl (C=O) groups excluding carboxylic acids is 2. The zero-order valence-electron chi connectivity index (χ0n) is 17.3. The Morgan fingerprint density at radius 3 is 2.36 bits per heavy atom. The average Bonchev–Trinajstić information content (AvgIpc) is 3.39. The number of hydrogen-bond donors (Lipinski definition) is 0. The lowest BCUT2D eigenvalue weighted by molar-refractivity contribution is -0.128. The maximum absolute atomic E-state index is 12.5. The van der Waals surface area contributed by atoms with Gasteiger partial charge in [0.1, 0.15) is 0 Å². The van der Waals surface area contributed by atoms with Crippen molar-refractivity contribution in [1.29, 1.82) is 0 Å². The van der Waals surface area contributed by atoms with E-state index < -0.39 is 0 Å². The topological polar surface area (TPSA) is 53.1 Å². The van der Waals surface area contributed by atoms with E-state index in [1.165, 1.54) is 12.8 Å². The van der Waals surface area contributed by atoms with Crippen LogP contribution in [0.3, 0.4) is 0 Å². The Morgan fingerprint density at radius 2 is 1.75 bits per heavy atom. The van der Waals surface area contributed by atoms with Gasteiger partial charge < -0.3 is 19.4 Å². The number of nitrogens with zero attached hydrogens (tertiary/aromatic N) is 3. The fraction of sp³-hybridized carbons (Fsp3) is 0.909. The molecule has 5 rings (SSSR count). The Bertz CT molecular complexity index is 613. The molecule has 4 saturated heterocycles. The molecule has 0 aromatic carbocycles. The lowest BCUT2D eigenvalue weighted by Gasteiger charge is -2.47. The molecule has 4 aliphatic heterocycles. The second-order valence-corrected chi connectivity index (χ2v) is 10.0. The van der Waals surface area contributed by atoms with E-state index in [9.17, 15) is 9.59 Å². The maximum atomic E-state index is 12.5. The van der Waals surface area contributed by atoms with Gasteiger partial charge in [0.15, 0.2) is 0 Å². The number of rotatable bonds is 4. The van der Waals surface area contributed by atoms with Crippen molar-refractivity contribution in [2.45, 2.75) is 82.8 Å². The highest BCUT2D eigenvalue weighted by molar-refractivity contribution is 5.79. The molecule has 1 aliphatic carbocycles. The van der Waals surface area contributed by atoms with Crippen LogP contribution in [0.25, 0.3) is 0 Å². The van der Waals surface area contributed by atoms with Crippen molar-refractivity contribution in [2.75, 3.05) is 32.8 Å². The Hall–Kier alpha value is -1.30. The summed E-state index contributed by atoms with van der Waals surface area (Å²) in [6.45, 7) is 6.60.